The standard InChI is InChI=1S/C14H18N4OS/c1-8-4-5-11(15)12(6-8)20-7-13(19)16-14-9(2)17-18-10(14)3/h4-6H,7,15H2,1-3H3,(H,16,19)(H,17,18). The van der Waals surface area contributed by atoms with Gasteiger partial charge in [-0.2, -0.15) is 5.10 Å². The van der Waals surface area contributed by atoms with Gasteiger partial charge in [0.15, 0.2) is 0 Å². The summed E-state index contributed by atoms with van der Waals surface area (Å²) in [7, 11) is 0. The molecule has 4 N–H and O–H groups in total. The number of carbonyl (C=O) groups excluding carboxylic acids is 1. The topological polar surface area (TPSA) is 83.8 Å². The normalized spacial score (nSPS) is 10.6. The van der Waals surface area contributed by atoms with Crippen molar-refractivity contribution >= 4 is 29.0 Å². The summed E-state index contributed by atoms with van der Waals surface area (Å²) in [5.41, 5.74) is 10.1. The molecule has 0 radical (unpaired) electrons. The number of amides is 1. The van der Waals surface area contributed by atoms with Crippen molar-refractivity contribution in [3.8, 4) is 0 Å². The van der Waals surface area contributed by atoms with Gasteiger partial charge in [0.1, 0.15) is 0 Å². The zero-order valence-corrected chi connectivity index (χ0v) is 12.6. The first-order valence-electron chi connectivity index (χ1n) is 6.27. The van der Waals surface area contributed by atoms with Gasteiger partial charge in [-0.1, -0.05) is 6.07 Å². The van der Waals surface area contributed by atoms with Gasteiger partial charge in [-0.25, -0.2) is 0 Å². The Labute approximate surface area is 122 Å². The van der Waals surface area contributed by atoms with Crippen molar-refractivity contribution in [1.82, 2.24) is 10.2 Å². The van der Waals surface area contributed by atoms with E-state index in [1.54, 1.807) is 0 Å². The largest absolute Gasteiger partial charge is 0.398 e. The molecule has 106 valence electrons. The quantitative estimate of drug-likeness (QED) is 0.597. The third-order valence-corrected chi connectivity index (χ3v) is 3.99. The first-order valence-corrected chi connectivity index (χ1v) is 7.26. The van der Waals surface area contributed by atoms with Crippen LogP contribution in [0.3, 0.4) is 0 Å². The van der Waals surface area contributed by atoms with Crippen LogP contribution in [0, 0.1) is 20.8 Å². The SMILES string of the molecule is Cc1ccc(N)c(SCC(=O)Nc2c(C)n[nH]c2C)c1. The molecular formula is C14H18N4OS. The van der Waals surface area contributed by atoms with Crippen molar-refractivity contribution < 1.29 is 4.79 Å². The Morgan fingerprint density at radius 3 is 2.80 bits per heavy atom. The summed E-state index contributed by atoms with van der Waals surface area (Å²) in [6.07, 6.45) is 0. The molecule has 0 bridgehead atoms. The summed E-state index contributed by atoms with van der Waals surface area (Å²) in [5.74, 6) is 0.251. The molecule has 0 aliphatic heterocycles. The number of carbonyl (C=O) groups is 1. The van der Waals surface area contributed by atoms with Crippen molar-refractivity contribution in [2.24, 2.45) is 0 Å². The van der Waals surface area contributed by atoms with Crippen molar-refractivity contribution in [1.29, 1.82) is 0 Å². The van der Waals surface area contributed by atoms with E-state index < -0.39 is 0 Å². The summed E-state index contributed by atoms with van der Waals surface area (Å²) < 4.78 is 0. The summed E-state index contributed by atoms with van der Waals surface area (Å²) in [4.78, 5) is 12.9. The van der Waals surface area contributed by atoms with Gasteiger partial charge in [0, 0.05) is 10.6 Å². The highest BCUT2D eigenvalue weighted by atomic mass is 32.2. The Bertz CT molecular complexity index is 617. The molecule has 0 saturated carbocycles. The minimum atomic E-state index is -0.0662. The number of nitrogens with two attached hydrogens (primary N) is 1. The lowest BCUT2D eigenvalue weighted by Crippen LogP contribution is -2.15. The Balaban J connectivity index is 1.97. The molecule has 20 heavy (non-hydrogen) atoms. The van der Waals surface area contributed by atoms with E-state index in [1.165, 1.54) is 11.8 Å². The van der Waals surface area contributed by atoms with Crippen molar-refractivity contribution in [2.45, 2.75) is 25.7 Å². The van der Waals surface area contributed by atoms with Crippen molar-refractivity contribution in [3.05, 3.63) is 35.2 Å². The van der Waals surface area contributed by atoms with Gasteiger partial charge in [0.05, 0.1) is 22.8 Å². The highest BCUT2D eigenvalue weighted by Gasteiger charge is 2.11. The summed E-state index contributed by atoms with van der Waals surface area (Å²) >= 11 is 1.44. The van der Waals surface area contributed by atoms with Gasteiger partial charge in [-0.3, -0.25) is 9.89 Å². The molecule has 1 amide bonds. The molecule has 0 saturated heterocycles. The van der Waals surface area contributed by atoms with Crippen LogP contribution in [-0.4, -0.2) is 21.9 Å². The molecule has 0 spiro atoms. The second-order valence-electron chi connectivity index (χ2n) is 4.69. The minimum absolute atomic E-state index is 0.0662. The number of nitrogen functional groups attached to an aromatic ring is 1. The monoisotopic (exact) mass is 290 g/mol. The van der Waals surface area contributed by atoms with Crippen LogP contribution in [0.15, 0.2) is 23.1 Å². The van der Waals surface area contributed by atoms with E-state index in [4.69, 9.17) is 5.73 Å². The molecule has 1 heterocycles. The smallest absolute Gasteiger partial charge is 0.234 e. The van der Waals surface area contributed by atoms with Gasteiger partial charge in [0.2, 0.25) is 5.91 Å². The van der Waals surface area contributed by atoms with E-state index in [2.05, 4.69) is 15.5 Å². The molecule has 0 aliphatic carbocycles. The van der Waals surface area contributed by atoms with Crippen LogP contribution >= 0.6 is 11.8 Å². The molecular weight excluding hydrogens is 272 g/mol. The minimum Gasteiger partial charge on any atom is -0.398 e. The number of aromatic amines is 1. The number of hydrogen-bond donors (Lipinski definition) is 3. The van der Waals surface area contributed by atoms with Crippen LogP contribution in [-0.2, 0) is 4.79 Å². The number of anilines is 2. The average molecular weight is 290 g/mol. The maximum atomic E-state index is 12.0. The zero-order valence-electron chi connectivity index (χ0n) is 11.8. The van der Waals surface area contributed by atoms with Gasteiger partial charge in [0.25, 0.3) is 0 Å². The second kappa shape index (κ2) is 6.00. The van der Waals surface area contributed by atoms with E-state index >= 15 is 0 Å². The number of benzene rings is 1. The maximum Gasteiger partial charge on any atom is 0.234 e. The van der Waals surface area contributed by atoms with Crippen LogP contribution in [0.4, 0.5) is 11.4 Å². The fourth-order valence-electron chi connectivity index (χ4n) is 1.82. The molecule has 2 aromatic rings. The number of aryl methyl sites for hydroxylation is 3. The highest BCUT2D eigenvalue weighted by molar-refractivity contribution is 8.00. The second-order valence-corrected chi connectivity index (χ2v) is 5.70. The number of aromatic nitrogens is 2. The van der Waals surface area contributed by atoms with Gasteiger partial charge >= 0.3 is 0 Å². The summed E-state index contributed by atoms with van der Waals surface area (Å²) in [5, 5.41) is 9.76. The lowest BCUT2D eigenvalue weighted by atomic mass is 10.2. The van der Waals surface area contributed by atoms with E-state index in [1.807, 2.05) is 39.0 Å². The van der Waals surface area contributed by atoms with E-state index in [-0.39, 0.29) is 5.91 Å². The molecule has 0 unspecified atom stereocenters. The van der Waals surface area contributed by atoms with E-state index in [9.17, 15) is 4.79 Å². The fourth-order valence-corrected chi connectivity index (χ4v) is 2.68. The first kappa shape index (κ1) is 14.5. The van der Waals surface area contributed by atoms with Crippen LogP contribution in [0.2, 0.25) is 0 Å². The molecule has 5 nitrogen and oxygen atoms in total. The van der Waals surface area contributed by atoms with Crippen LogP contribution in [0.25, 0.3) is 0 Å². The molecule has 1 aromatic carbocycles. The number of thioether (sulfide) groups is 1. The van der Waals surface area contributed by atoms with E-state index in [0.717, 1.165) is 27.5 Å². The molecule has 6 heteroatoms. The summed E-state index contributed by atoms with van der Waals surface area (Å²) in [6, 6.07) is 5.80. The van der Waals surface area contributed by atoms with E-state index in [0.29, 0.717) is 11.4 Å². The summed E-state index contributed by atoms with van der Waals surface area (Å²) in [6.45, 7) is 5.73. The van der Waals surface area contributed by atoms with Crippen LogP contribution in [0.5, 0.6) is 0 Å². The Morgan fingerprint density at radius 2 is 2.15 bits per heavy atom. The lowest BCUT2D eigenvalue weighted by molar-refractivity contribution is -0.113. The van der Waals surface area contributed by atoms with Gasteiger partial charge in [-0.05, 0) is 38.5 Å². The maximum absolute atomic E-state index is 12.0. The molecule has 1 aromatic heterocycles. The Kier molecular flexibility index (Phi) is 4.34. The number of hydrogen-bond acceptors (Lipinski definition) is 4. The molecule has 0 fully saturated rings. The van der Waals surface area contributed by atoms with Gasteiger partial charge in [-0.15, -0.1) is 11.8 Å². The van der Waals surface area contributed by atoms with Crippen LogP contribution < -0.4 is 11.1 Å². The third kappa shape index (κ3) is 3.33. The zero-order chi connectivity index (χ0) is 14.7. The number of H-pyrrole nitrogens is 1. The molecule has 2 rings (SSSR count). The number of nitrogens with zero attached hydrogens (tertiary/aromatic N) is 1. The van der Waals surface area contributed by atoms with Gasteiger partial charge < -0.3 is 11.1 Å². The third-order valence-electron chi connectivity index (χ3n) is 2.92. The molecule has 0 atom stereocenters. The number of rotatable bonds is 4. The fraction of sp³-hybridized carbons (Fsp3) is 0.286. The number of nitrogens with one attached hydrogen (secondary N) is 2. The lowest BCUT2D eigenvalue weighted by Gasteiger charge is -2.07. The predicted octanol–water partition coefficient (Wildman–Crippen LogP) is 2.65. The Morgan fingerprint density at radius 1 is 1.40 bits per heavy atom. The van der Waals surface area contributed by atoms with Crippen molar-refractivity contribution in [2.75, 3.05) is 16.8 Å². The Hall–Kier alpha value is -1.95. The first-order chi connectivity index (χ1) is 9.47. The predicted molar refractivity (Wildman–Crippen MR) is 83.0 cm³/mol. The average Bonchev–Trinajstić information content (AvgIpc) is 2.71. The highest BCUT2D eigenvalue weighted by Crippen LogP contribution is 2.26. The molecule has 0 aliphatic rings. The van der Waals surface area contributed by atoms with Crippen molar-refractivity contribution in [3.63, 3.8) is 0 Å². The van der Waals surface area contributed by atoms with Crippen LogP contribution in [0.1, 0.15) is 17.0 Å².